The molecule has 0 aliphatic rings. The van der Waals surface area contributed by atoms with Gasteiger partial charge in [-0.25, -0.2) is 0 Å². The minimum absolute atomic E-state index is 0. The molecule has 4 heteroatoms. The molecule has 2 aromatic heterocycles. The van der Waals surface area contributed by atoms with E-state index in [0.29, 0.717) is 0 Å². The van der Waals surface area contributed by atoms with E-state index in [9.17, 15) is 4.79 Å². The highest BCUT2D eigenvalue weighted by Crippen LogP contribution is 2.28. The summed E-state index contributed by atoms with van der Waals surface area (Å²) in [5.74, 6) is 0. The first-order chi connectivity index (χ1) is 8.83. The standard InChI is InChI=1S/C15H9NO2.ClH/c17-12-4-3-10-8-11-2-1-5-16-6-7-18-15(14(11)16)13(10)9-12;/h1-9H;1H. The van der Waals surface area contributed by atoms with E-state index in [1.807, 2.05) is 35.0 Å². The molecule has 3 nitrogen and oxygen atoms in total. The third-order valence-corrected chi connectivity index (χ3v) is 3.26. The van der Waals surface area contributed by atoms with Gasteiger partial charge in [0, 0.05) is 23.2 Å². The number of benzene rings is 2. The highest BCUT2D eigenvalue weighted by atomic mass is 35.5. The molecule has 4 rings (SSSR count). The molecule has 19 heavy (non-hydrogen) atoms. The van der Waals surface area contributed by atoms with Gasteiger partial charge in [-0.2, -0.15) is 0 Å². The maximum atomic E-state index is 11.5. The van der Waals surface area contributed by atoms with E-state index in [2.05, 4.69) is 6.07 Å². The largest absolute Gasteiger partial charge is 0.461 e. The lowest BCUT2D eigenvalue weighted by Gasteiger charge is -2.08. The van der Waals surface area contributed by atoms with Gasteiger partial charge < -0.3 is 8.82 Å². The molecule has 0 aliphatic carbocycles. The van der Waals surface area contributed by atoms with Gasteiger partial charge >= 0.3 is 0 Å². The number of halogens is 1. The summed E-state index contributed by atoms with van der Waals surface area (Å²) in [6, 6.07) is 11.2. The lowest BCUT2D eigenvalue weighted by Crippen LogP contribution is -1.96. The Labute approximate surface area is 114 Å². The molecule has 2 aromatic carbocycles. The zero-order chi connectivity index (χ0) is 12.1. The van der Waals surface area contributed by atoms with Crippen LogP contribution in [0.25, 0.3) is 27.3 Å². The van der Waals surface area contributed by atoms with Crippen LogP contribution in [-0.4, -0.2) is 4.40 Å². The number of aromatic nitrogens is 1. The van der Waals surface area contributed by atoms with E-state index in [-0.39, 0.29) is 17.8 Å². The molecule has 0 saturated carbocycles. The number of hydrogen-bond donors (Lipinski definition) is 0. The monoisotopic (exact) mass is 271 g/mol. The zero-order valence-corrected chi connectivity index (χ0v) is 10.7. The van der Waals surface area contributed by atoms with Crippen molar-refractivity contribution < 1.29 is 4.42 Å². The van der Waals surface area contributed by atoms with Crippen LogP contribution < -0.4 is 5.43 Å². The third kappa shape index (κ3) is 1.63. The van der Waals surface area contributed by atoms with Crippen molar-refractivity contribution in [2.75, 3.05) is 0 Å². The van der Waals surface area contributed by atoms with Crippen LogP contribution in [0.15, 0.2) is 64.3 Å². The molecule has 0 fully saturated rings. The molecule has 0 amide bonds. The number of pyridine rings is 1. The normalized spacial score (nSPS) is 10.9. The van der Waals surface area contributed by atoms with Gasteiger partial charge in [-0.1, -0.05) is 12.1 Å². The molecule has 0 aliphatic heterocycles. The van der Waals surface area contributed by atoms with Crippen LogP contribution in [0.2, 0.25) is 0 Å². The van der Waals surface area contributed by atoms with Crippen LogP contribution in [0.5, 0.6) is 0 Å². The fourth-order valence-corrected chi connectivity index (χ4v) is 2.47. The van der Waals surface area contributed by atoms with E-state index in [4.69, 9.17) is 4.42 Å². The fraction of sp³-hybridized carbons (Fsp3) is 0. The first-order valence-corrected chi connectivity index (χ1v) is 5.74. The summed E-state index contributed by atoms with van der Waals surface area (Å²) in [5.41, 5.74) is 1.75. The van der Waals surface area contributed by atoms with E-state index in [0.717, 1.165) is 27.3 Å². The SMILES string of the molecule is Cl.O=c1ccc2cc3cccn4ccoc(c2c1)c34. The van der Waals surface area contributed by atoms with Gasteiger partial charge in [0.05, 0.1) is 5.52 Å². The van der Waals surface area contributed by atoms with Gasteiger partial charge in [-0.3, -0.25) is 4.79 Å². The maximum absolute atomic E-state index is 11.5. The smallest absolute Gasteiger partial charge is 0.179 e. The first kappa shape index (κ1) is 11.8. The van der Waals surface area contributed by atoms with Crippen molar-refractivity contribution >= 4 is 39.7 Å². The van der Waals surface area contributed by atoms with Crippen LogP contribution in [0.4, 0.5) is 0 Å². The Morgan fingerprint density at radius 1 is 1.00 bits per heavy atom. The van der Waals surface area contributed by atoms with Crippen LogP contribution in [0.3, 0.4) is 0 Å². The summed E-state index contributed by atoms with van der Waals surface area (Å²) in [6.45, 7) is 0. The molecule has 0 N–H and O–H groups in total. The van der Waals surface area contributed by atoms with E-state index < -0.39 is 0 Å². The molecule has 0 bridgehead atoms. The van der Waals surface area contributed by atoms with Gasteiger partial charge in [0.15, 0.2) is 11.0 Å². The first-order valence-electron chi connectivity index (χ1n) is 5.74. The summed E-state index contributed by atoms with van der Waals surface area (Å²) in [5, 5.41) is 2.98. The van der Waals surface area contributed by atoms with Crippen molar-refractivity contribution in [2.45, 2.75) is 0 Å². The second-order valence-electron chi connectivity index (χ2n) is 4.34. The van der Waals surface area contributed by atoms with Crippen molar-refractivity contribution in [3.63, 3.8) is 0 Å². The summed E-state index contributed by atoms with van der Waals surface area (Å²) in [4.78, 5) is 11.5. The summed E-state index contributed by atoms with van der Waals surface area (Å²) in [6.07, 6.45) is 5.47. The van der Waals surface area contributed by atoms with E-state index >= 15 is 0 Å². The zero-order valence-electron chi connectivity index (χ0n) is 9.87. The van der Waals surface area contributed by atoms with Crippen LogP contribution in [0.1, 0.15) is 0 Å². The number of fused-ring (bicyclic) bond motifs is 2. The molecule has 0 spiro atoms. The number of hydrogen-bond acceptors (Lipinski definition) is 2. The predicted molar refractivity (Wildman–Crippen MR) is 78.2 cm³/mol. The minimum atomic E-state index is -0.00117. The number of nitrogens with zero attached hydrogens (tertiary/aromatic N) is 1. The quantitative estimate of drug-likeness (QED) is 0.362. The fourth-order valence-electron chi connectivity index (χ4n) is 2.47. The van der Waals surface area contributed by atoms with Crippen molar-refractivity contribution in [2.24, 2.45) is 0 Å². The summed E-state index contributed by atoms with van der Waals surface area (Å²) < 4.78 is 7.63. The number of rotatable bonds is 0. The Morgan fingerprint density at radius 3 is 2.79 bits per heavy atom. The average molecular weight is 272 g/mol. The molecule has 0 radical (unpaired) electrons. The van der Waals surface area contributed by atoms with Crippen molar-refractivity contribution in [1.82, 2.24) is 4.40 Å². The Kier molecular flexibility index (Phi) is 2.57. The van der Waals surface area contributed by atoms with Gasteiger partial charge in [0.25, 0.3) is 0 Å². The van der Waals surface area contributed by atoms with E-state index in [1.54, 1.807) is 18.4 Å². The second-order valence-corrected chi connectivity index (χ2v) is 4.34. The average Bonchev–Trinajstić information content (AvgIpc) is 2.40. The molecular formula is C15H10ClNO2. The topological polar surface area (TPSA) is 34.6 Å². The Morgan fingerprint density at radius 2 is 1.89 bits per heavy atom. The van der Waals surface area contributed by atoms with Gasteiger partial charge in [0.1, 0.15) is 6.26 Å². The Bertz CT molecular complexity index is 947. The van der Waals surface area contributed by atoms with Crippen LogP contribution in [0, 0.1) is 0 Å². The van der Waals surface area contributed by atoms with Gasteiger partial charge in [-0.15, -0.1) is 12.4 Å². The molecule has 0 saturated heterocycles. The van der Waals surface area contributed by atoms with E-state index in [1.165, 1.54) is 0 Å². The Balaban J connectivity index is 0.00000110. The predicted octanol–water partition coefficient (Wildman–Crippen LogP) is 3.62. The maximum Gasteiger partial charge on any atom is 0.179 e. The Hall–Kier alpha value is -2.26. The van der Waals surface area contributed by atoms with Crippen molar-refractivity contribution in [3.8, 4) is 0 Å². The lowest BCUT2D eigenvalue weighted by molar-refractivity contribution is 0.598. The summed E-state index contributed by atoms with van der Waals surface area (Å²) in [7, 11) is 0. The molecule has 0 atom stereocenters. The lowest BCUT2D eigenvalue weighted by atomic mass is 10.1. The van der Waals surface area contributed by atoms with Gasteiger partial charge in [-0.05, 0) is 29.7 Å². The second kappa shape index (κ2) is 4.14. The van der Waals surface area contributed by atoms with Crippen LogP contribution in [-0.2, 0) is 0 Å². The molecule has 0 unspecified atom stereocenters. The molecular weight excluding hydrogens is 262 g/mol. The minimum Gasteiger partial charge on any atom is -0.461 e. The third-order valence-electron chi connectivity index (χ3n) is 3.26. The molecule has 94 valence electrons. The van der Waals surface area contributed by atoms with Gasteiger partial charge in [0.2, 0.25) is 0 Å². The molecule has 2 heterocycles. The van der Waals surface area contributed by atoms with Crippen molar-refractivity contribution in [1.29, 1.82) is 0 Å². The highest BCUT2D eigenvalue weighted by molar-refractivity contribution is 6.10. The van der Waals surface area contributed by atoms with Crippen LogP contribution >= 0.6 is 12.4 Å². The highest BCUT2D eigenvalue weighted by Gasteiger charge is 2.08. The summed E-state index contributed by atoms with van der Waals surface area (Å²) >= 11 is 0. The van der Waals surface area contributed by atoms with Crippen molar-refractivity contribution in [3.05, 3.63) is 65.3 Å². The molecule has 4 aromatic rings.